The first-order chi connectivity index (χ1) is 15.7. The number of nitrogens with one attached hydrogen (secondary N) is 1. The lowest BCUT2D eigenvalue weighted by Crippen LogP contribution is -2.54. The van der Waals surface area contributed by atoms with Crippen LogP contribution >= 0.6 is 0 Å². The second kappa shape index (κ2) is 10.9. The van der Waals surface area contributed by atoms with Gasteiger partial charge in [0.25, 0.3) is 0 Å². The average Bonchev–Trinajstić information content (AvgIpc) is 2.74. The Labute approximate surface area is 200 Å². The number of methoxy groups -OCH3 is 1. The van der Waals surface area contributed by atoms with E-state index in [9.17, 15) is 22.4 Å². The van der Waals surface area contributed by atoms with Crippen LogP contribution in [0.5, 0.6) is 5.75 Å². The number of amides is 2. The van der Waals surface area contributed by atoms with Crippen molar-refractivity contribution >= 4 is 27.5 Å². The summed E-state index contributed by atoms with van der Waals surface area (Å²) < 4.78 is 44.5. The molecule has 2 aromatic rings. The molecule has 2 rings (SSSR count). The van der Waals surface area contributed by atoms with Crippen molar-refractivity contribution in [1.82, 2.24) is 10.2 Å². The Morgan fingerprint density at radius 3 is 2.09 bits per heavy atom. The molecule has 0 aliphatic heterocycles. The number of anilines is 1. The number of halogens is 1. The summed E-state index contributed by atoms with van der Waals surface area (Å²) in [6.07, 6.45) is 1.00. The van der Waals surface area contributed by atoms with Crippen LogP contribution in [0.25, 0.3) is 0 Å². The number of benzene rings is 2. The fraction of sp³-hybridized carbons (Fsp3) is 0.417. The number of carbonyl (C=O) groups is 2. The molecule has 0 fully saturated rings. The largest absolute Gasteiger partial charge is 0.497 e. The molecule has 0 bridgehead atoms. The molecule has 8 nitrogen and oxygen atoms in total. The van der Waals surface area contributed by atoms with Gasteiger partial charge in [-0.1, -0.05) is 12.1 Å². The maximum absolute atomic E-state index is 13.4. The van der Waals surface area contributed by atoms with Crippen LogP contribution in [0.4, 0.5) is 10.1 Å². The van der Waals surface area contributed by atoms with Crippen molar-refractivity contribution in [3.8, 4) is 5.75 Å². The number of sulfonamides is 1. The Morgan fingerprint density at radius 1 is 1.06 bits per heavy atom. The maximum atomic E-state index is 13.4. The van der Waals surface area contributed by atoms with Gasteiger partial charge in [-0.15, -0.1) is 0 Å². The first-order valence-corrected chi connectivity index (χ1v) is 12.5. The molecule has 1 unspecified atom stereocenters. The molecule has 1 N–H and O–H groups in total. The van der Waals surface area contributed by atoms with Crippen molar-refractivity contribution in [3.63, 3.8) is 0 Å². The van der Waals surface area contributed by atoms with E-state index in [1.807, 2.05) is 20.8 Å². The number of nitrogens with zero attached hydrogens (tertiary/aromatic N) is 2. The summed E-state index contributed by atoms with van der Waals surface area (Å²) in [6.45, 7) is 6.51. The molecule has 186 valence electrons. The van der Waals surface area contributed by atoms with Crippen LogP contribution in [0.1, 0.15) is 33.3 Å². The number of carbonyl (C=O) groups excluding carboxylic acids is 2. The monoisotopic (exact) mass is 493 g/mol. The lowest BCUT2D eigenvalue weighted by Gasteiger charge is -2.33. The summed E-state index contributed by atoms with van der Waals surface area (Å²) in [6, 6.07) is 10.9. The van der Waals surface area contributed by atoms with E-state index in [0.29, 0.717) is 11.3 Å². The zero-order valence-corrected chi connectivity index (χ0v) is 21.1. The Bertz CT molecular complexity index is 1100. The fourth-order valence-corrected chi connectivity index (χ4v) is 4.05. The Kier molecular flexibility index (Phi) is 8.66. The van der Waals surface area contributed by atoms with Crippen molar-refractivity contribution in [2.24, 2.45) is 0 Å². The SMILES string of the molecule is COc1ccc(N(CC(=O)N(Cc2ccc(F)cc2)C(C)C(=O)NC(C)(C)C)S(C)(=O)=O)cc1. The van der Waals surface area contributed by atoms with Crippen molar-refractivity contribution in [2.45, 2.75) is 45.8 Å². The number of hydrogen-bond donors (Lipinski definition) is 1. The van der Waals surface area contributed by atoms with Gasteiger partial charge in [-0.3, -0.25) is 13.9 Å². The van der Waals surface area contributed by atoms with E-state index in [1.165, 1.54) is 48.4 Å². The van der Waals surface area contributed by atoms with Crippen molar-refractivity contribution in [1.29, 1.82) is 0 Å². The Hall–Kier alpha value is -3.14. The molecule has 0 aliphatic carbocycles. The molecule has 1 atom stereocenters. The number of rotatable bonds is 9. The molecule has 2 aromatic carbocycles. The summed E-state index contributed by atoms with van der Waals surface area (Å²) in [5.74, 6) is -0.864. The van der Waals surface area contributed by atoms with Crippen LogP contribution < -0.4 is 14.4 Å². The molecule has 0 heterocycles. The number of ether oxygens (including phenoxy) is 1. The van der Waals surface area contributed by atoms with Gasteiger partial charge < -0.3 is 15.0 Å². The predicted octanol–water partition coefficient (Wildman–Crippen LogP) is 2.93. The second-order valence-electron chi connectivity index (χ2n) is 9.03. The lowest BCUT2D eigenvalue weighted by atomic mass is 10.1. The maximum Gasteiger partial charge on any atom is 0.244 e. The highest BCUT2D eigenvalue weighted by molar-refractivity contribution is 7.92. The standard InChI is InChI=1S/C24H32FN3O5S/c1-17(23(30)26-24(2,3)4)27(15-18-7-9-19(25)10-8-18)22(29)16-28(34(6,31)32)20-11-13-21(33-5)14-12-20/h7-14,17H,15-16H2,1-6H3,(H,26,30). The first-order valence-electron chi connectivity index (χ1n) is 10.7. The summed E-state index contributed by atoms with van der Waals surface area (Å²) in [7, 11) is -2.33. The first kappa shape index (κ1) is 27.1. The molecule has 10 heteroatoms. The van der Waals surface area contributed by atoms with Gasteiger partial charge in [0.2, 0.25) is 21.8 Å². The van der Waals surface area contributed by atoms with Gasteiger partial charge in [-0.25, -0.2) is 12.8 Å². The van der Waals surface area contributed by atoms with Crippen molar-refractivity contribution in [2.75, 3.05) is 24.2 Å². The van der Waals surface area contributed by atoms with Crippen molar-refractivity contribution < 1.29 is 27.1 Å². The minimum absolute atomic E-state index is 0.00193. The van der Waals surface area contributed by atoms with E-state index in [2.05, 4.69) is 5.32 Å². The average molecular weight is 494 g/mol. The van der Waals surface area contributed by atoms with Crippen LogP contribution in [-0.4, -0.2) is 56.6 Å². The molecule has 0 saturated heterocycles. The van der Waals surface area contributed by atoms with Crippen LogP contribution in [-0.2, 0) is 26.2 Å². The minimum Gasteiger partial charge on any atom is -0.497 e. The van der Waals surface area contributed by atoms with Gasteiger partial charge in [0.05, 0.1) is 19.1 Å². The summed E-state index contributed by atoms with van der Waals surface area (Å²) in [5.41, 5.74) is 0.350. The Balaban J connectivity index is 2.38. The molecule has 0 aromatic heterocycles. The predicted molar refractivity (Wildman–Crippen MR) is 129 cm³/mol. The molecular weight excluding hydrogens is 461 g/mol. The van der Waals surface area contributed by atoms with Gasteiger partial charge in [-0.05, 0) is 69.7 Å². The van der Waals surface area contributed by atoms with Gasteiger partial charge in [-0.2, -0.15) is 0 Å². The quantitative estimate of drug-likeness (QED) is 0.580. The normalized spacial score (nSPS) is 12.6. The minimum atomic E-state index is -3.82. The fourth-order valence-electron chi connectivity index (χ4n) is 3.21. The molecule has 0 aliphatic rings. The van der Waals surface area contributed by atoms with Crippen LogP contribution in [0, 0.1) is 5.82 Å². The molecule has 0 saturated carbocycles. The van der Waals surface area contributed by atoms with Crippen molar-refractivity contribution in [3.05, 3.63) is 59.9 Å². The highest BCUT2D eigenvalue weighted by atomic mass is 32.2. The third-order valence-corrected chi connectivity index (χ3v) is 6.11. The van der Waals surface area contributed by atoms with E-state index in [0.717, 1.165) is 10.6 Å². The number of hydrogen-bond acceptors (Lipinski definition) is 5. The van der Waals surface area contributed by atoms with Gasteiger partial charge in [0.15, 0.2) is 0 Å². The van der Waals surface area contributed by atoms with E-state index >= 15 is 0 Å². The third kappa shape index (κ3) is 7.72. The van der Waals surface area contributed by atoms with E-state index in [-0.39, 0.29) is 12.2 Å². The summed E-state index contributed by atoms with van der Waals surface area (Å²) in [4.78, 5) is 27.6. The molecular formula is C24H32FN3O5S. The lowest BCUT2D eigenvalue weighted by molar-refractivity contribution is -0.140. The Morgan fingerprint density at radius 2 is 1.62 bits per heavy atom. The highest BCUT2D eigenvalue weighted by Gasteiger charge is 2.31. The van der Waals surface area contributed by atoms with Gasteiger partial charge >= 0.3 is 0 Å². The topological polar surface area (TPSA) is 96.0 Å². The molecule has 2 amide bonds. The van der Waals surface area contributed by atoms with Crippen LogP contribution in [0.3, 0.4) is 0 Å². The zero-order chi connectivity index (χ0) is 25.7. The smallest absolute Gasteiger partial charge is 0.244 e. The zero-order valence-electron chi connectivity index (χ0n) is 20.3. The summed E-state index contributed by atoms with van der Waals surface area (Å²) >= 11 is 0. The molecule has 0 spiro atoms. The van der Waals surface area contributed by atoms with Gasteiger partial charge in [0.1, 0.15) is 24.2 Å². The molecule has 34 heavy (non-hydrogen) atoms. The van der Waals surface area contributed by atoms with E-state index in [4.69, 9.17) is 4.74 Å². The highest BCUT2D eigenvalue weighted by Crippen LogP contribution is 2.22. The molecule has 0 radical (unpaired) electrons. The van der Waals surface area contributed by atoms with Crippen LogP contribution in [0.15, 0.2) is 48.5 Å². The third-order valence-electron chi connectivity index (χ3n) is 4.97. The van der Waals surface area contributed by atoms with Gasteiger partial charge in [0, 0.05) is 12.1 Å². The van der Waals surface area contributed by atoms with Crippen LogP contribution in [0.2, 0.25) is 0 Å². The van der Waals surface area contributed by atoms with E-state index < -0.39 is 45.8 Å². The summed E-state index contributed by atoms with van der Waals surface area (Å²) in [5, 5.41) is 2.84. The van der Waals surface area contributed by atoms with E-state index in [1.54, 1.807) is 19.1 Å². The second-order valence-corrected chi connectivity index (χ2v) is 10.9.